The maximum absolute atomic E-state index is 12.1. The fourth-order valence-electron chi connectivity index (χ4n) is 2.26. The van der Waals surface area contributed by atoms with Crippen LogP contribution in [0.1, 0.15) is 27.3 Å². The standard InChI is InChI=1S/C13H14N2O4S/c1-19-4-6-2-8(6)15-12(16)9-3-10-11(14-9)7(5-20-10)13(17)18/h3,5-6,8,14H,2,4H2,1H3,(H,15,16)(H,17,18)/t6-,8+/m1/s1. The summed E-state index contributed by atoms with van der Waals surface area (Å²) in [6.07, 6.45) is 0.926. The van der Waals surface area contributed by atoms with Crippen molar-refractivity contribution in [2.45, 2.75) is 12.5 Å². The average Bonchev–Trinajstić information content (AvgIpc) is 2.84. The van der Waals surface area contributed by atoms with E-state index in [9.17, 15) is 9.59 Å². The molecule has 0 bridgehead atoms. The predicted octanol–water partition coefficient (Wildman–Crippen LogP) is 1.69. The van der Waals surface area contributed by atoms with Crippen molar-refractivity contribution in [3.05, 3.63) is 22.7 Å². The number of carboxylic acid groups (broad SMARTS) is 1. The molecule has 0 aromatic carbocycles. The Balaban J connectivity index is 1.74. The summed E-state index contributed by atoms with van der Waals surface area (Å²) in [4.78, 5) is 26.0. The predicted molar refractivity (Wildman–Crippen MR) is 74.4 cm³/mol. The molecule has 2 atom stereocenters. The molecule has 1 saturated carbocycles. The molecule has 3 N–H and O–H groups in total. The number of aromatic carboxylic acids is 1. The molecule has 0 radical (unpaired) electrons. The number of thiophene rings is 1. The van der Waals surface area contributed by atoms with Crippen molar-refractivity contribution in [1.29, 1.82) is 0 Å². The van der Waals surface area contributed by atoms with Crippen molar-refractivity contribution < 1.29 is 19.4 Å². The number of carboxylic acids is 1. The van der Waals surface area contributed by atoms with Crippen molar-refractivity contribution in [3.63, 3.8) is 0 Å². The zero-order valence-corrected chi connectivity index (χ0v) is 11.6. The highest BCUT2D eigenvalue weighted by molar-refractivity contribution is 7.17. The van der Waals surface area contributed by atoms with Gasteiger partial charge in [0.2, 0.25) is 0 Å². The van der Waals surface area contributed by atoms with Gasteiger partial charge in [-0.05, 0) is 12.5 Å². The van der Waals surface area contributed by atoms with Gasteiger partial charge in [-0.15, -0.1) is 11.3 Å². The monoisotopic (exact) mass is 294 g/mol. The lowest BCUT2D eigenvalue weighted by Crippen LogP contribution is -2.27. The first-order valence-electron chi connectivity index (χ1n) is 6.23. The molecule has 1 amide bonds. The summed E-state index contributed by atoms with van der Waals surface area (Å²) in [5.41, 5.74) is 1.11. The first-order valence-corrected chi connectivity index (χ1v) is 7.11. The molecular formula is C13H14N2O4S. The van der Waals surface area contributed by atoms with Crippen LogP contribution in [-0.2, 0) is 4.74 Å². The number of ether oxygens (including phenoxy) is 1. The third-order valence-electron chi connectivity index (χ3n) is 3.45. The number of H-pyrrole nitrogens is 1. The molecule has 2 aromatic rings. The summed E-state index contributed by atoms with van der Waals surface area (Å²) < 4.78 is 5.81. The molecule has 1 aliphatic carbocycles. The van der Waals surface area contributed by atoms with Crippen LogP contribution in [0, 0.1) is 5.92 Å². The number of aromatic amines is 1. The third-order valence-corrected chi connectivity index (χ3v) is 4.38. The normalized spacial score (nSPS) is 21.1. The highest BCUT2D eigenvalue weighted by Gasteiger charge is 2.38. The molecular weight excluding hydrogens is 280 g/mol. The number of amides is 1. The van der Waals surface area contributed by atoms with Gasteiger partial charge in [-0.2, -0.15) is 0 Å². The Morgan fingerprint density at radius 3 is 3.10 bits per heavy atom. The highest BCUT2D eigenvalue weighted by Crippen LogP contribution is 2.31. The first-order chi connectivity index (χ1) is 9.60. The Kier molecular flexibility index (Phi) is 3.23. The maximum atomic E-state index is 12.1. The number of carbonyl (C=O) groups excluding carboxylic acids is 1. The third kappa shape index (κ3) is 2.30. The van der Waals surface area contributed by atoms with Crippen LogP contribution in [0.2, 0.25) is 0 Å². The fraction of sp³-hybridized carbons (Fsp3) is 0.385. The van der Waals surface area contributed by atoms with Gasteiger partial charge in [-0.3, -0.25) is 4.79 Å². The van der Waals surface area contributed by atoms with Gasteiger partial charge < -0.3 is 20.1 Å². The second-order valence-corrected chi connectivity index (χ2v) is 5.82. The van der Waals surface area contributed by atoms with E-state index in [4.69, 9.17) is 9.84 Å². The van der Waals surface area contributed by atoms with Crippen LogP contribution in [0.3, 0.4) is 0 Å². The van der Waals surface area contributed by atoms with Gasteiger partial charge in [0.05, 0.1) is 22.4 Å². The molecule has 106 valence electrons. The molecule has 0 spiro atoms. The molecule has 3 rings (SSSR count). The van der Waals surface area contributed by atoms with Gasteiger partial charge >= 0.3 is 5.97 Å². The van der Waals surface area contributed by atoms with Crippen molar-refractivity contribution in [1.82, 2.24) is 10.3 Å². The summed E-state index contributed by atoms with van der Waals surface area (Å²) in [6.45, 7) is 0.647. The number of aromatic nitrogens is 1. The van der Waals surface area contributed by atoms with Gasteiger partial charge in [-0.1, -0.05) is 0 Å². The molecule has 0 aliphatic heterocycles. The van der Waals surface area contributed by atoms with Gasteiger partial charge in [0.1, 0.15) is 5.69 Å². The van der Waals surface area contributed by atoms with E-state index in [0.29, 0.717) is 23.7 Å². The Morgan fingerprint density at radius 2 is 2.40 bits per heavy atom. The summed E-state index contributed by atoms with van der Waals surface area (Å²) in [5.74, 6) is -0.810. The quantitative estimate of drug-likeness (QED) is 0.782. The van der Waals surface area contributed by atoms with Gasteiger partial charge in [0.15, 0.2) is 0 Å². The van der Waals surface area contributed by atoms with Crippen LogP contribution in [0.5, 0.6) is 0 Å². The summed E-state index contributed by atoms with van der Waals surface area (Å²) in [5, 5.41) is 13.5. The molecule has 0 saturated heterocycles. The maximum Gasteiger partial charge on any atom is 0.338 e. The van der Waals surface area contributed by atoms with Crippen LogP contribution < -0.4 is 5.32 Å². The summed E-state index contributed by atoms with van der Waals surface area (Å²) in [6, 6.07) is 1.85. The Labute approximate surface area is 118 Å². The lowest BCUT2D eigenvalue weighted by molar-refractivity contribution is 0.0698. The number of fused-ring (bicyclic) bond motifs is 1. The number of hydrogen-bond donors (Lipinski definition) is 3. The van der Waals surface area contributed by atoms with Crippen molar-refractivity contribution in [3.8, 4) is 0 Å². The Bertz CT molecular complexity index is 675. The van der Waals surface area contributed by atoms with Gasteiger partial charge in [0, 0.05) is 24.4 Å². The van der Waals surface area contributed by atoms with Crippen molar-refractivity contribution >= 4 is 33.4 Å². The van der Waals surface area contributed by atoms with Crippen molar-refractivity contribution in [2.75, 3.05) is 13.7 Å². The smallest absolute Gasteiger partial charge is 0.338 e. The Morgan fingerprint density at radius 1 is 1.60 bits per heavy atom. The Hall–Kier alpha value is -1.86. The molecule has 20 heavy (non-hydrogen) atoms. The van der Waals surface area contributed by atoms with Crippen LogP contribution in [-0.4, -0.2) is 41.7 Å². The lowest BCUT2D eigenvalue weighted by Gasteiger charge is -2.02. The van der Waals surface area contributed by atoms with E-state index < -0.39 is 5.97 Å². The van der Waals surface area contributed by atoms with E-state index in [-0.39, 0.29) is 17.5 Å². The molecule has 6 nitrogen and oxygen atoms in total. The molecule has 2 heterocycles. The van der Waals surface area contributed by atoms with Gasteiger partial charge in [0.25, 0.3) is 5.91 Å². The molecule has 1 aliphatic rings. The largest absolute Gasteiger partial charge is 0.478 e. The summed E-state index contributed by atoms with van der Waals surface area (Å²) in [7, 11) is 1.64. The summed E-state index contributed by atoms with van der Waals surface area (Å²) >= 11 is 1.31. The molecule has 0 unspecified atom stereocenters. The van der Waals surface area contributed by atoms with E-state index >= 15 is 0 Å². The first kappa shape index (κ1) is 13.1. The lowest BCUT2D eigenvalue weighted by atomic mass is 10.3. The minimum atomic E-state index is -0.993. The van der Waals surface area contributed by atoms with Crippen LogP contribution in [0.25, 0.3) is 10.2 Å². The fourth-order valence-corrected chi connectivity index (χ4v) is 3.19. The van der Waals surface area contributed by atoms with Crippen LogP contribution in [0.4, 0.5) is 0 Å². The average molecular weight is 294 g/mol. The zero-order chi connectivity index (χ0) is 14.3. The zero-order valence-electron chi connectivity index (χ0n) is 10.8. The van der Waals surface area contributed by atoms with E-state index in [1.165, 1.54) is 11.3 Å². The minimum Gasteiger partial charge on any atom is -0.478 e. The van der Waals surface area contributed by atoms with E-state index in [1.54, 1.807) is 18.6 Å². The molecule has 7 heteroatoms. The molecule has 2 aromatic heterocycles. The van der Waals surface area contributed by atoms with E-state index in [1.807, 2.05) is 0 Å². The number of nitrogens with one attached hydrogen (secondary N) is 2. The van der Waals surface area contributed by atoms with Gasteiger partial charge in [-0.25, -0.2) is 4.79 Å². The topological polar surface area (TPSA) is 91.4 Å². The van der Waals surface area contributed by atoms with E-state index in [0.717, 1.165) is 11.1 Å². The second-order valence-electron chi connectivity index (χ2n) is 4.91. The number of carbonyl (C=O) groups is 2. The minimum absolute atomic E-state index is 0.155. The second kappa shape index (κ2) is 4.92. The van der Waals surface area contributed by atoms with Crippen LogP contribution >= 0.6 is 11.3 Å². The number of hydrogen-bond acceptors (Lipinski definition) is 4. The number of methoxy groups -OCH3 is 1. The highest BCUT2D eigenvalue weighted by atomic mass is 32.1. The SMILES string of the molecule is COC[C@H]1C[C@@H]1NC(=O)c1cc2scc(C(=O)O)c2[nH]1. The van der Waals surface area contributed by atoms with E-state index in [2.05, 4.69) is 10.3 Å². The van der Waals surface area contributed by atoms with Crippen molar-refractivity contribution in [2.24, 2.45) is 5.92 Å². The number of rotatable bonds is 5. The molecule has 1 fully saturated rings. The van der Waals surface area contributed by atoms with Crippen LogP contribution in [0.15, 0.2) is 11.4 Å².